The lowest BCUT2D eigenvalue weighted by atomic mass is 10.1. The number of aliphatic imine (C=N–C) groups is 1. The number of methoxy groups -OCH3 is 2. The molecule has 2 N–H and O–H groups in total. The van der Waals surface area contributed by atoms with Crippen LogP contribution in [0, 0.1) is 0 Å². The predicted octanol–water partition coefficient (Wildman–Crippen LogP) is 2.86. The summed E-state index contributed by atoms with van der Waals surface area (Å²) in [6.07, 6.45) is 1.51. The van der Waals surface area contributed by atoms with Crippen LogP contribution in [0.1, 0.15) is 15.9 Å². The minimum atomic E-state index is -1.20. The molecule has 114 valence electrons. The molecular formula is C16H15NO5. The van der Waals surface area contributed by atoms with Crippen molar-refractivity contribution in [2.24, 2.45) is 4.99 Å². The van der Waals surface area contributed by atoms with E-state index in [2.05, 4.69) is 4.99 Å². The number of aromatic hydroxyl groups is 1. The Bertz CT molecular complexity index is 724. The molecule has 0 unspecified atom stereocenters. The molecule has 2 rings (SSSR count). The zero-order valence-electron chi connectivity index (χ0n) is 12.1. The second kappa shape index (κ2) is 6.62. The van der Waals surface area contributed by atoms with Crippen molar-refractivity contribution >= 4 is 17.9 Å². The van der Waals surface area contributed by atoms with Crippen molar-refractivity contribution in [2.45, 2.75) is 0 Å². The maximum atomic E-state index is 11.0. The second-order valence-corrected chi connectivity index (χ2v) is 4.38. The zero-order valence-corrected chi connectivity index (χ0v) is 12.1. The lowest BCUT2D eigenvalue weighted by Gasteiger charge is -2.07. The Labute approximate surface area is 127 Å². The van der Waals surface area contributed by atoms with Crippen molar-refractivity contribution < 1.29 is 24.5 Å². The lowest BCUT2D eigenvalue weighted by Crippen LogP contribution is -1.97. The predicted molar refractivity (Wildman–Crippen MR) is 81.9 cm³/mol. The Kier molecular flexibility index (Phi) is 4.63. The van der Waals surface area contributed by atoms with Crippen LogP contribution in [0.15, 0.2) is 41.4 Å². The molecule has 0 saturated heterocycles. The normalized spacial score (nSPS) is 10.6. The van der Waals surface area contributed by atoms with Crippen molar-refractivity contribution in [3.63, 3.8) is 0 Å². The monoisotopic (exact) mass is 301 g/mol. The van der Waals surface area contributed by atoms with Crippen molar-refractivity contribution in [1.82, 2.24) is 0 Å². The van der Waals surface area contributed by atoms with Gasteiger partial charge in [-0.2, -0.15) is 0 Å². The largest absolute Gasteiger partial charge is 0.507 e. The first-order chi connectivity index (χ1) is 10.5. The molecular weight excluding hydrogens is 286 g/mol. The van der Waals surface area contributed by atoms with E-state index in [0.29, 0.717) is 22.7 Å². The first-order valence-corrected chi connectivity index (χ1v) is 6.37. The van der Waals surface area contributed by atoms with Gasteiger partial charge in [-0.1, -0.05) is 0 Å². The first-order valence-electron chi connectivity index (χ1n) is 6.37. The number of hydrogen-bond acceptors (Lipinski definition) is 5. The third-order valence-corrected chi connectivity index (χ3v) is 2.98. The van der Waals surface area contributed by atoms with Gasteiger partial charge in [-0.05, 0) is 35.9 Å². The van der Waals surface area contributed by atoms with Crippen LogP contribution < -0.4 is 9.47 Å². The van der Waals surface area contributed by atoms with Gasteiger partial charge >= 0.3 is 5.97 Å². The Balaban J connectivity index is 2.29. The minimum Gasteiger partial charge on any atom is -0.507 e. The van der Waals surface area contributed by atoms with Crippen LogP contribution in [-0.2, 0) is 0 Å². The standard InChI is InChI=1S/C16H15NO5/c1-21-14-6-4-11(8-15(14)22-2)17-9-10-3-5-13(18)12(7-10)16(19)20/h3-9,18H,1-2H3,(H,19,20). The molecule has 6 heteroatoms. The average Bonchev–Trinajstić information content (AvgIpc) is 2.53. The third kappa shape index (κ3) is 3.35. The van der Waals surface area contributed by atoms with E-state index in [1.807, 2.05) is 0 Å². The van der Waals surface area contributed by atoms with E-state index in [1.54, 1.807) is 31.4 Å². The fraction of sp³-hybridized carbons (Fsp3) is 0.125. The number of benzene rings is 2. The molecule has 22 heavy (non-hydrogen) atoms. The van der Waals surface area contributed by atoms with E-state index in [9.17, 15) is 9.90 Å². The number of aromatic carboxylic acids is 1. The van der Waals surface area contributed by atoms with Crippen molar-refractivity contribution in [3.8, 4) is 17.2 Å². The van der Waals surface area contributed by atoms with Gasteiger partial charge in [-0.25, -0.2) is 4.79 Å². The summed E-state index contributed by atoms with van der Waals surface area (Å²) in [5.74, 6) is -0.331. The summed E-state index contributed by atoms with van der Waals surface area (Å²) in [6.45, 7) is 0. The molecule has 0 atom stereocenters. The molecule has 0 spiro atoms. The molecule has 0 bridgehead atoms. The quantitative estimate of drug-likeness (QED) is 0.829. The van der Waals surface area contributed by atoms with Gasteiger partial charge in [-0.3, -0.25) is 4.99 Å². The van der Waals surface area contributed by atoms with Crippen LogP contribution in [0.25, 0.3) is 0 Å². The highest BCUT2D eigenvalue weighted by Gasteiger charge is 2.09. The van der Waals surface area contributed by atoms with Crippen molar-refractivity contribution in [2.75, 3.05) is 14.2 Å². The summed E-state index contributed by atoms with van der Waals surface area (Å²) in [5.41, 5.74) is 1.02. The van der Waals surface area contributed by atoms with Crippen LogP contribution in [-0.4, -0.2) is 36.6 Å². The topological polar surface area (TPSA) is 88.4 Å². The molecule has 0 saturated carbocycles. The molecule has 2 aromatic carbocycles. The summed E-state index contributed by atoms with van der Waals surface area (Å²) in [4.78, 5) is 15.2. The molecule has 0 aliphatic heterocycles. The second-order valence-electron chi connectivity index (χ2n) is 4.38. The number of carbonyl (C=O) groups is 1. The van der Waals surface area contributed by atoms with Gasteiger partial charge in [0.1, 0.15) is 11.3 Å². The molecule has 6 nitrogen and oxygen atoms in total. The average molecular weight is 301 g/mol. The molecule has 0 aliphatic carbocycles. The summed E-state index contributed by atoms with van der Waals surface area (Å²) in [6, 6.07) is 9.42. The Hall–Kier alpha value is -3.02. The first kappa shape index (κ1) is 15.4. The van der Waals surface area contributed by atoms with Gasteiger partial charge in [0.15, 0.2) is 11.5 Å². The number of phenols is 1. The summed E-state index contributed by atoms with van der Waals surface area (Å²) in [5, 5.41) is 18.4. The number of nitrogens with zero attached hydrogens (tertiary/aromatic N) is 1. The molecule has 0 fully saturated rings. The van der Waals surface area contributed by atoms with E-state index >= 15 is 0 Å². The number of ether oxygens (including phenoxy) is 2. The number of hydrogen-bond donors (Lipinski definition) is 2. The number of carboxylic acid groups (broad SMARTS) is 1. The van der Waals surface area contributed by atoms with Gasteiger partial charge in [0.05, 0.1) is 19.9 Å². The highest BCUT2D eigenvalue weighted by Crippen LogP contribution is 2.31. The van der Waals surface area contributed by atoms with Crippen molar-refractivity contribution in [1.29, 1.82) is 0 Å². The summed E-state index contributed by atoms with van der Waals surface area (Å²) in [7, 11) is 3.08. The van der Waals surface area contributed by atoms with E-state index in [1.165, 1.54) is 25.5 Å². The van der Waals surface area contributed by atoms with Crippen LogP contribution >= 0.6 is 0 Å². The molecule has 0 heterocycles. The lowest BCUT2D eigenvalue weighted by molar-refractivity contribution is 0.0693. The smallest absolute Gasteiger partial charge is 0.339 e. The van der Waals surface area contributed by atoms with Crippen molar-refractivity contribution in [3.05, 3.63) is 47.5 Å². The van der Waals surface area contributed by atoms with E-state index in [-0.39, 0.29) is 11.3 Å². The fourth-order valence-electron chi connectivity index (χ4n) is 1.86. The highest BCUT2D eigenvalue weighted by atomic mass is 16.5. The molecule has 0 aliphatic rings. The van der Waals surface area contributed by atoms with Gasteiger partial charge in [0.25, 0.3) is 0 Å². The van der Waals surface area contributed by atoms with Gasteiger partial charge in [-0.15, -0.1) is 0 Å². The maximum absolute atomic E-state index is 11.0. The summed E-state index contributed by atoms with van der Waals surface area (Å²) >= 11 is 0. The molecule has 0 amide bonds. The van der Waals surface area contributed by atoms with Gasteiger partial charge in [0, 0.05) is 12.3 Å². The third-order valence-electron chi connectivity index (χ3n) is 2.98. The SMILES string of the molecule is COc1ccc(N=Cc2ccc(O)c(C(=O)O)c2)cc1OC. The Morgan fingerprint density at radius 2 is 1.82 bits per heavy atom. The van der Waals surface area contributed by atoms with E-state index < -0.39 is 5.97 Å². The molecule has 0 radical (unpaired) electrons. The minimum absolute atomic E-state index is 0.170. The van der Waals surface area contributed by atoms with Gasteiger partial charge < -0.3 is 19.7 Å². The van der Waals surface area contributed by atoms with Crippen LogP contribution in [0.5, 0.6) is 17.2 Å². The Morgan fingerprint density at radius 1 is 1.09 bits per heavy atom. The molecule has 2 aromatic rings. The highest BCUT2D eigenvalue weighted by molar-refractivity contribution is 5.94. The fourth-order valence-corrected chi connectivity index (χ4v) is 1.86. The zero-order chi connectivity index (χ0) is 16.1. The maximum Gasteiger partial charge on any atom is 0.339 e. The number of carboxylic acids is 1. The number of rotatable bonds is 5. The Morgan fingerprint density at radius 3 is 2.45 bits per heavy atom. The van der Waals surface area contributed by atoms with E-state index in [4.69, 9.17) is 14.6 Å². The van der Waals surface area contributed by atoms with E-state index in [0.717, 1.165) is 0 Å². The summed E-state index contributed by atoms with van der Waals surface area (Å²) < 4.78 is 10.3. The van der Waals surface area contributed by atoms with Crippen LogP contribution in [0.2, 0.25) is 0 Å². The molecule has 0 aromatic heterocycles. The van der Waals surface area contributed by atoms with Gasteiger partial charge in [0.2, 0.25) is 0 Å². The van der Waals surface area contributed by atoms with Crippen LogP contribution in [0.3, 0.4) is 0 Å². The van der Waals surface area contributed by atoms with Crippen LogP contribution in [0.4, 0.5) is 5.69 Å².